The molecule has 4 amide bonds. The summed E-state index contributed by atoms with van der Waals surface area (Å²) in [7, 11) is -3.78. The molecule has 0 bridgehead atoms. The molecule has 0 spiro atoms. The zero-order valence-corrected chi connectivity index (χ0v) is 24.4. The van der Waals surface area contributed by atoms with E-state index in [1.165, 1.54) is 4.90 Å². The van der Waals surface area contributed by atoms with E-state index in [4.69, 9.17) is 0 Å². The quantitative estimate of drug-likeness (QED) is 0.437. The Morgan fingerprint density at radius 1 is 1.02 bits per heavy atom. The summed E-state index contributed by atoms with van der Waals surface area (Å²) in [5.41, 5.74) is 0.601. The lowest BCUT2D eigenvalue weighted by Gasteiger charge is -2.30. The lowest BCUT2D eigenvalue weighted by Crippen LogP contribution is -2.58. The minimum Gasteiger partial charge on any atom is -0.344 e. The van der Waals surface area contributed by atoms with Crippen molar-refractivity contribution in [1.82, 2.24) is 20.3 Å². The number of rotatable bonds is 6. The largest absolute Gasteiger partial charge is 0.344 e. The number of amides is 4. The molecular formula is C30H40N4O6S. The average Bonchev–Trinajstić information content (AvgIpc) is 3.84. The number of hydrogen-bond donors (Lipinski definition) is 3. The third-order valence-electron chi connectivity index (χ3n) is 8.65. The molecule has 222 valence electrons. The first-order chi connectivity index (χ1) is 19.6. The molecule has 2 saturated carbocycles. The Balaban J connectivity index is 1.32. The molecule has 2 aliphatic heterocycles. The maximum atomic E-state index is 13.8. The predicted octanol–water partition coefficient (Wildman–Crippen LogP) is 2.02. The number of hydrogen-bond acceptors (Lipinski definition) is 6. The first-order valence-corrected chi connectivity index (χ1v) is 16.3. The highest BCUT2D eigenvalue weighted by molar-refractivity contribution is 7.91. The standard InChI is InChI=1S/C30H40N4O6S/c1-20-11-13-21(14-12-20)18-26(35)31-24-9-6-4-2-3-5-8-22-19-30(22,29(38)33-41(39,40)23-15-16-23)32-27(36)25-10-7-17-34(25)28(24)37/h5,8,11-14,22-25H,2-4,6-7,9-10,15-19H2,1H3,(H,31,35)(H,32,36)(H,33,38)/t22-,24+,25?,30?/m1/s1. The van der Waals surface area contributed by atoms with Crippen LogP contribution in [0.5, 0.6) is 0 Å². The molecule has 3 N–H and O–H groups in total. The zero-order chi connectivity index (χ0) is 29.2. The zero-order valence-electron chi connectivity index (χ0n) is 23.6. The number of nitrogens with one attached hydrogen (secondary N) is 3. The van der Waals surface area contributed by atoms with Gasteiger partial charge in [-0.05, 0) is 63.9 Å². The number of sulfonamides is 1. The van der Waals surface area contributed by atoms with Gasteiger partial charge in [-0.1, -0.05) is 54.8 Å². The minimum absolute atomic E-state index is 0.154. The van der Waals surface area contributed by atoms with Gasteiger partial charge in [0.15, 0.2) is 0 Å². The molecule has 0 radical (unpaired) electrons. The van der Waals surface area contributed by atoms with E-state index in [0.717, 1.165) is 36.8 Å². The van der Waals surface area contributed by atoms with E-state index in [0.29, 0.717) is 45.1 Å². The van der Waals surface area contributed by atoms with Gasteiger partial charge in [-0.3, -0.25) is 23.9 Å². The molecule has 2 unspecified atom stereocenters. The van der Waals surface area contributed by atoms with Crippen LogP contribution in [0.15, 0.2) is 36.4 Å². The Bertz CT molecular complexity index is 1320. The Hall–Kier alpha value is -3.21. The topological polar surface area (TPSA) is 142 Å². The molecule has 2 aliphatic carbocycles. The van der Waals surface area contributed by atoms with Gasteiger partial charge in [-0.2, -0.15) is 0 Å². The van der Waals surface area contributed by atoms with Crippen LogP contribution in [-0.4, -0.2) is 66.4 Å². The molecule has 4 atom stereocenters. The summed E-state index contributed by atoms with van der Waals surface area (Å²) in [5.74, 6) is -2.04. The van der Waals surface area contributed by atoms with Gasteiger partial charge in [0.25, 0.3) is 5.91 Å². The SMILES string of the molecule is Cc1ccc(CC(=O)N[C@H]2CCCCCC=C[C@@H]3CC3(C(=O)NS(=O)(=O)C3CC3)NC(=O)C3CCCN3C2=O)cc1. The maximum Gasteiger partial charge on any atom is 0.259 e. The van der Waals surface area contributed by atoms with Gasteiger partial charge in [-0.15, -0.1) is 0 Å². The Kier molecular flexibility index (Phi) is 8.54. The molecule has 4 aliphatic rings. The summed E-state index contributed by atoms with van der Waals surface area (Å²) in [6.45, 7) is 2.35. The van der Waals surface area contributed by atoms with Crippen molar-refractivity contribution in [3.8, 4) is 0 Å². The van der Waals surface area contributed by atoms with Crippen LogP contribution in [0.25, 0.3) is 0 Å². The molecule has 0 aromatic heterocycles. The number of benzene rings is 1. The third-order valence-corrected chi connectivity index (χ3v) is 10.5. The van der Waals surface area contributed by atoms with Crippen LogP contribution < -0.4 is 15.4 Å². The first-order valence-electron chi connectivity index (χ1n) is 14.8. The molecule has 11 heteroatoms. The average molecular weight is 585 g/mol. The smallest absolute Gasteiger partial charge is 0.259 e. The molecule has 41 heavy (non-hydrogen) atoms. The number of fused-ring (bicyclic) bond motifs is 2. The van der Waals surface area contributed by atoms with E-state index in [2.05, 4.69) is 15.4 Å². The van der Waals surface area contributed by atoms with Crippen molar-refractivity contribution in [1.29, 1.82) is 0 Å². The molecule has 1 aromatic rings. The molecule has 1 aromatic carbocycles. The van der Waals surface area contributed by atoms with E-state index in [-0.39, 0.29) is 24.2 Å². The van der Waals surface area contributed by atoms with Crippen molar-refractivity contribution >= 4 is 33.7 Å². The van der Waals surface area contributed by atoms with Gasteiger partial charge in [0.1, 0.15) is 17.6 Å². The lowest BCUT2D eigenvalue weighted by molar-refractivity contribution is -0.142. The van der Waals surface area contributed by atoms with Crippen molar-refractivity contribution in [2.24, 2.45) is 5.92 Å². The number of carbonyl (C=O) groups excluding carboxylic acids is 4. The summed E-state index contributed by atoms with van der Waals surface area (Å²) < 4.78 is 27.2. The van der Waals surface area contributed by atoms with Crippen molar-refractivity contribution in [2.45, 2.75) is 100 Å². The summed E-state index contributed by atoms with van der Waals surface area (Å²) in [4.78, 5) is 55.1. The van der Waals surface area contributed by atoms with Crippen molar-refractivity contribution in [2.75, 3.05) is 6.54 Å². The lowest BCUT2D eigenvalue weighted by atomic mass is 10.0. The van der Waals surface area contributed by atoms with Crippen LogP contribution in [0.1, 0.15) is 75.3 Å². The normalized spacial score (nSPS) is 28.9. The highest BCUT2D eigenvalue weighted by Crippen LogP contribution is 2.46. The highest BCUT2D eigenvalue weighted by atomic mass is 32.2. The Labute approximate surface area is 241 Å². The predicted molar refractivity (Wildman–Crippen MR) is 153 cm³/mol. The number of allylic oxidation sites excluding steroid dienone is 1. The molecule has 3 fully saturated rings. The van der Waals surface area contributed by atoms with Gasteiger partial charge in [0.05, 0.1) is 11.7 Å². The number of nitrogens with zero attached hydrogens (tertiary/aromatic N) is 1. The fourth-order valence-electron chi connectivity index (χ4n) is 5.91. The minimum atomic E-state index is -3.78. The summed E-state index contributed by atoms with van der Waals surface area (Å²) in [6, 6.07) is 6.14. The van der Waals surface area contributed by atoms with Crippen LogP contribution in [0.2, 0.25) is 0 Å². The van der Waals surface area contributed by atoms with Crippen LogP contribution in [-0.2, 0) is 35.6 Å². The second kappa shape index (κ2) is 12.0. The van der Waals surface area contributed by atoms with Crippen molar-refractivity contribution < 1.29 is 27.6 Å². The summed E-state index contributed by atoms with van der Waals surface area (Å²) in [5, 5.41) is 5.22. The maximum absolute atomic E-state index is 13.8. The molecular weight excluding hydrogens is 544 g/mol. The molecule has 10 nitrogen and oxygen atoms in total. The second-order valence-corrected chi connectivity index (χ2v) is 13.9. The fraction of sp³-hybridized carbons (Fsp3) is 0.600. The highest BCUT2D eigenvalue weighted by Gasteiger charge is 2.61. The monoisotopic (exact) mass is 584 g/mol. The van der Waals surface area contributed by atoms with E-state index >= 15 is 0 Å². The van der Waals surface area contributed by atoms with E-state index in [1.54, 1.807) is 0 Å². The van der Waals surface area contributed by atoms with Gasteiger partial charge in [0, 0.05) is 12.5 Å². The summed E-state index contributed by atoms with van der Waals surface area (Å²) in [6.07, 6.45) is 10.1. The van der Waals surface area contributed by atoms with E-state index in [1.807, 2.05) is 43.3 Å². The Morgan fingerprint density at radius 2 is 1.78 bits per heavy atom. The van der Waals surface area contributed by atoms with Crippen LogP contribution in [0.4, 0.5) is 0 Å². The van der Waals surface area contributed by atoms with Gasteiger partial charge >= 0.3 is 0 Å². The van der Waals surface area contributed by atoms with Crippen molar-refractivity contribution in [3.05, 3.63) is 47.5 Å². The van der Waals surface area contributed by atoms with E-state index < -0.39 is 44.7 Å². The van der Waals surface area contributed by atoms with Crippen molar-refractivity contribution in [3.63, 3.8) is 0 Å². The second-order valence-electron chi connectivity index (χ2n) is 12.0. The van der Waals surface area contributed by atoms with Crippen LogP contribution in [0, 0.1) is 12.8 Å². The number of aryl methyl sites for hydroxylation is 1. The third kappa shape index (κ3) is 6.82. The van der Waals surface area contributed by atoms with E-state index in [9.17, 15) is 27.6 Å². The van der Waals surface area contributed by atoms with Crippen LogP contribution >= 0.6 is 0 Å². The first kappa shape index (κ1) is 29.3. The molecule has 1 saturated heterocycles. The Morgan fingerprint density at radius 3 is 2.51 bits per heavy atom. The molecule has 2 heterocycles. The van der Waals surface area contributed by atoms with Gasteiger partial charge in [0.2, 0.25) is 27.7 Å². The summed E-state index contributed by atoms with van der Waals surface area (Å²) >= 11 is 0. The van der Waals surface area contributed by atoms with Crippen LogP contribution in [0.3, 0.4) is 0 Å². The van der Waals surface area contributed by atoms with Gasteiger partial charge in [-0.25, -0.2) is 8.42 Å². The fourth-order valence-corrected chi connectivity index (χ4v) is 7.28. The number of carbonyl (C=O) groups is 4. The molecule has 5 rings (SSSR count). The van der Waals surface area contributed by atoms with Gasteiger partial charge < -0.3 is 15.5 Å².